The standard InChI is InChI=1S/C15H12F3NO2S2/c16-9-1-4-15-11(7-9)14(5-6-22-15)19-23(20,21)10-2-3-12(17)13(18)8-10/h1-4,7-8,14,19H,5-6H2/t14-/m0/s1. The monoisotopic (exact) mass is 359 g/mol. The van der Waals surface area contributed by atoms with Gasteiger partial charge in [0.25, 0.3) is 0 Å². The van der Waals surface area contributed by atoms with Crippen LogP contribution in [0.5, 0.6) is 0 Å². The molecule has 0 saturated carbocycles. The summed E-state index contributed by atoms with van der Waals surface area (Å²) in [7, 11) is -4.04. The maximum absolute atomic E-state index is 13.4. The van der Waals surface area contributed by atoms with Crippen LogP contribution in [-0.4, -0.2) is 14.2 Å². The van der Waals surface area contributed by atoms with Crippen LogP contribution in [0.1, 0.15) is 18.0 Å². The van der Waals surface area contributed by atoms with Crippen LogP contribution >= 0.6 is 11.8 Å². The Morgan fingerprint density at radius 3 is 2.57 bits per heavy atom. The largest absolute Gasteiger partial charge is 0.241 e. The molecule has 1 aliphatic rings. The molecule has 0 amide bonds. The molecule has 0 fully saturated rings. The minimum Gasteiger partial charge on any atom is -0.207 e. The lowest BCUT2D eigenvalue weighted by Crippen LogP contribution is -2.31. The highest BCUT2D eigenvalue weighted by Gasteiger charge is 2.27. The van der Waals surface area contributed by atoms with Crippen molar-refractivity contribution in [2.45, 2.75) is 22.3 Å². The highest BCUT2D eigenvalue weighted by Crippen LogP contribution is 2.37. The quantitative estimate of drug-likeness (QED) is 0.911. The van der Waals surface area contributed by atoms with Gasteiger partial charge in [-0.2, -0.15) is 0 Å². The van der Waals surface area contributed by atoms with Crippen molar-refractivity contribution < 1.29 is 21.6 Å². The Bertz CT molecular complexity index is 856. The van der Waals surface area contributed by atoms with Gasteiger partial charge in [0.15, 0.2) is 11.6 Å². The highest BCUT2D eigenvalue weighted by molar-refractivity contribution is 7.99. The third-order valence-electron chi connectivity index (χ3n) is 3.51. The van der Waals surface area contributed by atoms with E-state index in [-0.39, 0.29) is 4.90 Å². The van der Waals surface area contributed by atoms with Crippen LogP contribution in [0.15, 0.2) is 46.2 Å². The first kappa shape index (κ1) is 16.4. The lowest BCUT2D eigenvalue weighted by Gasteiger charge is -2.25. The summed E-state index contributed by atoms with van der Waals surface area (Å²) in [6.45, 7) is 0. The van der Waals surface area contributed by atoms with Gasteiger partial charge in [0.2, 0.25) is 10.0 Å². The first-order valence-corrected chi connectivity index (χ1v) is 9.23. The van der Waals surface area contributed by atoms with Crippen molar-refractivity contribution in [2.24, 2.45) is 0 Å². The number of hydrogen-bond donors (Lipinski definition) is 1. The Hall–Kier alpha value is -1.51. The molecule has 3 nitrogen and oxygen atoms in total. The number of sulfonamides is 1. The first-order chi connectivity index (χ1) is 10.9. The summed E-state index contributed by atoms with van der Waals surface area (Å²) in [6.07, 6.45) is 0.476. The lowest BCUT2D eigenvalue weighted by atomic mass is 10.0. The molecule has 0 spiro atoms. The maximum atomic E-state index is 13.4. The molecular weight excluding hydrogens is 347 g/mol. The molecule has 0 unspecified atom stereocenters. The van der Waals surface area contributed by atoms with Crippen LogP contribution in [0.4, 0.5) is 13.2 Å². The van der Waals surface area contributed by atoms with E-state index in [9.17, 15) is 21.6 Å². The number of hydrogen-bond acceptors (Lipinski definition) is 3. The van der Waals surface area contributed by atoms with E-state index in [0.29, 0.717) is 23.8 Å². The van der Waals surface area contributed by atoms with Crippen molar-refractivity contribution in [3.05, 3.63) is 59.4 Å². The molecular formula is C15H12F3NO2S2. The van der Waals surface area contributed by atoms with Crippen LogP contribution in [0, 0.1) is 17.5 Å². The summed E-state index contributed by atoms with van der Waals surface area (Å²) in [5.74, 6) is -2.14. The number of nitrogens with one attached hydrogen (secondary N) is 1. The predicted molar refractivity (Wildman–Crippen MR) is 81.2 cm³/mol. The fourth-order valence-corrected chi connectivity index (χ4v) is 4.75. The van der Waals surface area contributed by atoms with Gasteiger partial charge in [-0.25, -0.2) is 26.3 Å². The Morgan fingerprint density at radius 1 is 1.04 bits per heavy atom. The van der Waals surface area contributed by atoms with Crippen molar-refractivity contribution in [3.63, 3.8) is 0 Å². The summed E-state index contributed by atoms with van der Waals surface area (Å²) in [4.78, 5) is 0.434. The molecule has 1 atom stereocenters. The van der Waals surface area contributed by atoms with Crippen LogP contribution in [0.25, 0.3) is 0 Å². The Labute approximate surface area is 136 Å². The third kappa shape index (κ3) is 3.39. The molecule has 8 heteroatoms. The normalized spacial score (nSPS) is 17.8. The molecule has 3 rings (SSSR count). The SMILES string of the molecule is O=S(=O)(N[C@H]1CCSc2ccc(F)cc21)c1ccc(F)c(F)c1. The molecule has 0 radical (unpaired) electrons. The van der Waals surface area contributed by atoms with E-state index in [0.717, 1.165) is 17.0 Å². The smallest absolute Gasteiger partial charge is 0.207 e. The molecule has 1 N–H and O–H groups in total. The van der Waals surface area contributed by atoms with E-state index in [1.807, 2.05) is 0 Å². The van der Waals surface area contributed by atoms with E-state index in [4.69, 9.17) is 0 Å². The van der Waals surface area contributed by atoms with Crippen LogP contribution in [0.3, 0.4) is 0 Å². The van der Waals surface area contributed by atoms with E-state index in [1.54, 1.807) is 6.07 Å². The van der Waals surface area contributed by atoms with Crippen molar-refractivity contribution in [3.8, 4) is 0 Å². The second kappa shape index (κ2) is 6.18. The van der Waals surface area contributed by atoms with Gasteiger partial charge in [0, 0.05) is 10.9 Å². The van der Waals surface area contributed by atoms with Gasteiger partial charge in [-0.15, -0.1) is 11.8 Å². The van der Waals surface area contributed by atoms with Crippen molar-refractivity contribution in [2.75, 3.05) is 5.75 Å². The van der Waals surface area contributed by atoms with Gasteiger partial charge >= 0.3 is 0 Å². The van der Waals surface area contributed by atoms with Crippen molar-refractivity contribution in [1.29, 1.82) is 0 Å². The molecule has 0 saturated heterocycles. The molecule has 122 valence electrons. The molecule has 0 bridgehead atoms. The second-order valence-electron chi connectivity index (χ2n) is 5.07. The minimum atomic E-state index is -4.04. The number of fused-ring (bicyclic) bond motifs is 1. The molecule has 2 aromatic carbocycles. The second-order valence-corrected chi connectivity index (χ2v) is 7.92. The van der Waals surface area contributed by atoms with Crippen LogP contribution in [-0.2, 0) is 10.0 Å². The van der Waals surface area contributed by atoms with Gasteiger partial charge < -0.3 is 0 Å². The lowest BCUT2D eigenvalue weighted by molar-refractivity contribution is 0.502. The van der Waals surface area contributed by atoms with Crippen LogP contribution in [0.2, 0.25) is 0 Å². The number of thioether (sulfide) groups is 1. The molecule has 1 heterocycles. The summed E-state index contributed by atoms with van der Waals surface area (Å²) in [5, 5.41) is 0. The number of benzene rings is 2. The van der Waals surface area contributed by atoms with Gasteiger partial charge in [0.1, 0.15) is 5.82 Å². The zero-order valence-corrected chi connectivity index (χ0v) is 13.4. The fraction of sp³-hybridized carbons (Fsp3) is 0.200. The zero-order valence-electron chi connectivity index (χ0n) is 11.7. The average Bonchev–Trinajstić information content (AvgIpc) is 2.50. The molecule has 0 aliphatic carbocycles. The molecule has 0 aromatic heterocycles. The van der Waals surface area contributed by atoms with E-state index < -0.39 is 33.5 Å². The molecule has 2 aromatic rings. The summed E-state index contributed by atoms with van der Waals surface area (Å²) >= 11 is 1.52. The fourth-order valence-electron chi connectivity index (χ4n) is 2.39. The Kier molecular flexibility index (Phi) is 4.39. The first-order valence-electron chi connectivity index (χ1n) is 6.76. The van der Waals surface area contributed by atoms with Crippen molar-refractivity contribution >= 4 is 21.8 Å². The molecule has 23 heavy (non-hydrogen) atoms. The minimum absolute atomic E-state index is 0.368. The Balaban J connectivity index is 1.93. The maximum Gasteiger partial charge on any atom is 0.241 e. The predicted octanol–water partition coefficient (Wildman–Crippen LogP) is 3.62. The summed E-state index contributed by atoms with van der Waals surface area (Å²) in [6, 6.07) is 5.98. The number of rotatable bonds is 3. The van der Waals surface area contributed by atoms with E-state index in [1.165, 1.54) is 23.9 Å². The van der Waals surface area contributed by atoms with Gasteiger partial charge in [-0.1, -0.05) is 0 Å². The number of halogens is 3. The van der Waals surface area contributed by atoms with Gasteiger partial charge in [-0.3, -0.25) is 0 Å². The van der Waals surface area contributed by atoms with Crippen molar-refractivity contribution in [1.82, 2.24) is 4.72 Å². The highest BCUT2D eigenvalue weighted by atomic mass is 32.2. The van der Waals surface area contributed by atoms with E-state index in [2.05, 4.69) is 4.72 Å². The summed E-state index contributed by atoms with van der Waals surface area (Å²) < 4.78 is 66.8. The topological polar surface area (TPSA) is 46.2 Å². The zero-order chi connectivity index (χ0) is 16.6. The van der Waals surface area contributed by atoms with Crippen LogP contribution < -0.4 is 4.72 Å². The molecule has 1 aliphatic heterocycles. The third-order valence-corrected chi connectivity index (χ3v) is 6.10. The Morgan fingerprint density at radius 2 is 1.83 bits per heavy atom. The average molecular weight is 359 g/mol. The summed E-state index contributed by atoms with van der Waals surface area (Å²) in [5.41, 5.74) is 0.549. The van der Waals surface area contributed by atoms with Gasteiger partial charge in [0.05, 0.1) is 4.90 Å². The van der Waals surface area contributed by atoms with Gasteiger partial charge in [-0.05, 0) is 54.1 Å². The van der Waals surface area contributed by atoms with E-state index >= 15 is 0 Å².